The fraction of sp³-hybridized carbons (Fsp3) is 0.133. The van der Waals surface area contributed by atoms with Crippen LogP contribution in [0.25, 0.3) is 54.6 Å². The van der Waals surface area contributed by atoms with E-state index in [2.05, 4.69) is 245 Å². The molecule has 0 heterocycles. The molecule has 0 aliphatic rings. The quantitative estimate of drug-likeness (QED) is 0.127. The van der Waals surface area contributed by atoms with Crippen LogP contribution in [0.4, 0.5) is 34.1 Å². The van der Waals surface area contributed by atoms with E-state index in [1.54, 1.807) is 0 Å². The molecular weight excluding hydrogens is 749 g/mol. The van der Waals surface area contributed by atoms with Crippen molar-refractivity contribution in [1.29, 1.82) is 0 Å². The maximum Gasteiger partial charge on any atom is 0.0540 e. The average molecular weight is 801 g/mol. The molecule has 0 fully saturated rings. The molecule has 0 atom stereocenters. The van der Waals surface area contributed by atoms with E-state index in [1.807, 2.05) is 0 Å². The van der Waals surface area contributed by atoms with Gasteiger partial charge in [0.2, 0.25) is 0 Å². The lowest BCUT2D eigenvalue weighted by Gasteiger charge is -2.32. The molecular formula is C60H52N2. The van der Waals surface area contributed by atoms with Gasteiger partial charge in [-0.15, -0.1) is 0 Å². The second kappa shape index (κ2) is 16.0. The Hall–Kier alpha value is -7.16. The van der Waals surface area contributed by atoms with Crippen molar-refractivity contribution in [3.8, 4) is 22.3 Å². The number of nitrogens with zero attached hydrogens (tertiary/aromatic N) is 2. The van der Waals surface area contributed by atoms with Crippen molar-refractivity contribution in [3.63, 3.8) is 0 Å². The molecule has 0 spiro atoms. The third-order valence-corrected chi connectivity index (χ3v) is 12.8. The molecule has 0 saturated heterocycles. The predicted octanol–water partition coefficient (Wildman–Crippen LogP) is 17.7. The van der Waals surface area contributed by atoms with Crippen LogP contribution in [0.5, 0.6) is 0 Å². The normalized spacial score (nSPS) is 11.7. The Kier molecular flexibility index (Phi) is 10.1. The molecule has 0 amide bonds. The van der Waals surface area contributed by atoms with Crippen LogP contribution < -0.4 is 9.80 Å². The molecule has 0 N–H and O–H groups in total. The Bertz CT molecular complexity index is 2960. The van der Waals surface area contributed by atoms with Crippen molar-refractivity contribution in [2.45, 2.75) is 53.4 Å². The third-order valence-electron chi connectivity index (χ3n) is 12.8. The van der Waals surface area contributed by atoms with E-state index in [0.29, 0.717) is 11.8 Å². The number of rotatable bonds is 10. The molecule has 0 aliphatic carbocycles. The fourth-order valence-corrected chi connectivity index (χ4v) is 9.65. The number of hydrogen-bond acceptors (Lipinski definition) is 2. The molecule has 10 aromatic rings. The minimum Gasteiger partial charge on any atom is -0.310 e. The summed E-state index contributed by atoms with van der Waals surface area (Å²) in [5, 5.41) is 7.84. The Morgan fingerprint density at radius 2 is 0.645 bits per heavy atom. The summed E-state index contributed by atoms with van der Waals surface area (Å²) in [5.41, 5.74) is 17.0. The zero-order valence-corrected chi connectivity index (χ0v) is 36.5. The molecule has 0 aromatic heterocycles. The molecule has 0 saturated carbocycles. The average Bonchev–Trinajstić information content (AvgIpc) is 3.31. The zero-order chi connectivity index (χ0) is 42.5. The van der Waals surface area contributed by atoms with Crippen molar-refractivity contribution in [1.82, 2.24) is 0 Å². The van der Waals surface area contributed by atoms with Gasteiger partial charge in [-0.3, -0.25) is 0 Å². The topological polar surface area (TPSA) is 6.48 Å². The summed E-state index contributed by atoms with van der Waals surface area (Å²) < 4.78 is 0. The molecule has 10 aromatic carbocycles. The molecule has 10 rings (SSSR count). The summed E-state index contributed by atoms with van der Waals surface area (Å²) >= 11 is 0. The van der Waals surface area contributed by atoms with Crippen molar-refractivity contribution in [3.05, 3.63) is 216 Å². The van der Waals surface area contributed by atoms with Crippen LogP contribution in [-0.4, -0.2) is 0 Å². The zero-order valence-electron chi connectivity index (χ0n) is 36.5. The highest BCUT2D eigenvalue weighted by atomic mass is 15.2. The highest BCUT2D eigenvalue weighted by Crippen LogP contribution is 2.51. The lowest BCUT2D eigenvalue weighted by Crippen LogP contribution is -2.13. The summed E-state index contributed by atoms with van der Waals surface area (Å²) in [5.74, 6) is 0.611. The maximum atomic E-state index is 2.51. The molecule has 0 aliphatic heterocycles. The largest absolute Gasteiger partial charge is 0.310 e. The van der Waals surface area contributed by atoms with E-state index < -0.39 is 0 Å². The Labute approximate surface area is 366 Å². The van der Waals surface area contributed by atoms with Gasteiger partial charge >= 0.3 is 0 Å². The Balaban J connectivity index is 1.27. The Morgan fingerprint density at radius 1 is 0.306 bits per heavy atom. The van der Waals surface area contributed by atoms with Crippen molar-refractivity contribution in [2.24, 2.45) is 0 Å². The van der Waals surface area contributed by atoms with E-state index in [4.69, 9.17) is 0 Å². The van der Waals surface area contributed by atoms with E-state index in [0.717, 1.165) is 11.4 Å². The lowest BCUT2D eigenvalue weighted by atomic mass is 9.83. The number of benzene rings is 10. The van der Waals surface area contributed by atoms with Crippen LogP contribution >= 0.6 is 0 Å². The molecule has 2 nitrogen and oxygen atoms in total. The van der Waals surface area contributed by atoms with Crippen molar-refractivity contribution < 1.29 is 0 Å². The van der Waals surface area contributed by atoms with Crippen molar-refractivity contribution in [2.75, 3.05) is 9.80 Å². The molecule has 0 bridgehead atoms. The van der Waals surface area contributed by atoms with E-state index in [-0.39, 0.29) is 0 Å². The summed E-state index contributed by atoms with van der Waals surface area (Å²) in [6.45, 7) is 13.8. The molecule has 2 heteroatoms. The predicted molar refractivity (Wildman–Crippen MR) is 268 cm³/mol. The van der Waals surface area contributed by atoms with Gasteiger partial charge in [0, 0.05) is 33.5 Å². The molecule has 62 heavy (non-hydrogen) atoms. The van der Waals surface area contributed by atoms with Crippen LogP contribution in [0.3, 0.4) is 0 Å². The van der Waals surface area contributed by atoms with Gasteiger partial charge in [0.25, 0.3) is 0 Å². The maximum absolute atomic E-state index is 2.51. The second-order valence-corrected chi connectivity index (χ2v) is 17.4. The molecule has 302 valence electrons. The number of para-hydroxylation sites is 2. The van der Waals surface area contributed by atoms with Crippen LogP contribution in [0.2, 0.25) is 0 Å². The number of aryl methyl sites for hydroxylation is 2. The van der Waals surface area contributed by atoms with Gasteiger partial charge in [0.05, 0.1) is 11.4 Å². The summed E-state index contributed by atoms with van der Waals surface area (Å²) in [4.78, 5) is 4.98. The molecule has 0 radical (unpaired) electrons. The fourth-order valence-electron chi connectivity index (χ4n) is 9.65. The van der Waals surface area contributed by atoms with E-state index >= 15 is 0 Å². The summed E-state index contributed by atoms with van der Waals surface area (Å²) in [6.07, 6.45) is 0. The van der Waals surface area contributed by atoms with Gasteiger partial charge in [-0.1, -0.05) is 161 Å². The first-order chi connectivity index (χ1) is 30.3. The van der Waals surface area contributed by atoms with Gasteiger partial charge in [-0.2, -0.15) is 0 Å². The van der Waals surface area contributed by atoms with E-state index in [9.17, 15) is 0 Å². The van der Waals surface area contributed by atoms with Crippen LogP contribution in [0.15, 0.2) is 194 Å². The summed E-state index contributed by atoms with van der Waals surface area (Å²) in [7, 11) is 0. The number of hydrogen-bond donors (Lipinski definition) is 0. The first kappa shape index (κ1) is 39.0. The monoisotopic (exact) mass is 800 g/mol. The third kappa shape index (κ3) is 6.77. The second-order valence-electron chi connectivity index (χ2n) is 17.4. The molecule has 0 unspecified atom stereocenters. The first-order valence-corrected chi connectivity index (χ1v) is 22.1. The SMILES string of the molecule is Cc1ccccc1N(c1ccc(-c2ccccc2)cc1)c1ccc2c(C(C)C)cc3c(N(c4ccc(-c5ccccc5)cc4)c4ccccc4C)ccc4c(C(C)C)cc1c2c43. The minimum absolute atomic E-state index is 0.306. The van der Waals surface area contributed by atoms with Crippen molar-refractivity contribution >= 4 is 66.4 Å². The highest BCUT2D eigenvalue weighted by Gasteiger charge is 2.26. The van der Waals surface area contributed by atoms with Crippen LogP contribution in [-0.2, 0) is 0 Å². The highest BCUT2D eigenvalue weighted by molar-refractivity contribution is 6.29. The first-order valence-electron chi connectivity index (χ1n) is 22.1. The number of anilines is 6. The van der Waals surface area contributed by atoms with Crippen LogP contribution in [0, 0.1) is 13.8 Å². The van der Waals surface area contributed by atoms with E-state index in [1.165, 1.54) is 99.6 Å². The Morgan fingerprint density at radius 3 is 1.00 bits per heavy atom. The van der Waals surface area contributed by atoms with Gasteiger partial charge in [0.15, 0.2) is 0 Å². The smallest absolute Gasteiger partial charge is 0.0540 e. The minimum atomic E-state index is 0.306. The van der Waals surface area contributed by atoms with Gasteiger partial charge in [-0.05, 0) is 152 Å². The summed E-state index contributed by atoms with van der Waals surface area (Å²) in [6, 6.07) is 71.7. The standard InChI is InChI=1S/C60H52N2/c1-39(2)51-37-53-57(61(55-23-15-13-17-41(55)5)47-29-25-45(26-30-47)43-19-9-7-10-20-43)36-34-50-52(40(3)4)38-54-58(35-33-49(51)59(54)60(50)53)62(56-24-16-14-18-42(56)6)48-31-27-46(28-32-48)44-21-11-8-12-22-44/h7-40H,1-6H3. The van der Waals surface area contributed by atoms with Gasteiger partial charge in [-0.25, -0.2) is 0 Å². The van der Waals surface area contributed by atoms with Gasteiger partial charge in [0.1, 0.15) is 0 Å². The van der Waals surface area contributed by atoms with Crippen LogP contribution in [0.1, 0.15) is 61.8 Å². The van der Waals surface area contributed by atoms with Gasteiger partial charge < -0.3 is 9.80 Å². The lowest BCUT2D eigenvalue weighted by molar-refractivity contribution is 0.876.